The van der Waals surface area contributed by atoms with E-state index in [9.17, 15) is 27.6 Å². The number of Topliss-reactive ketones (excluding diaryl/α,β-unsaturated/α-hetero) is 1. The van der Waals surface area contributed by atoms with E-state index < -0.39 is 50.6 Å². The first-order valence-corrected chi connectivity index (χ1v) is 20.9. The van der Waals surface area contributed by atoms with Gasteiger partial charge in [-0.2, -0.15) is 0 Å². The minimum absolute atomic E-state index is 0.0356. The number of benzene rings is 1. The van der Waals surface area contributed by atoms with Gasteiger partial charge in [-0.3, -0.25) is 23.9 Å². The minimum Gasteiger partial charge on any atom is -0.472 e. The third-order valence-electron chi connectivity index (χ3n) is 12.3. The lowest BCUT2D eigenvalue weighted by molar-refractivity contribution is -0.153. The molecule has 1 aromatic heterocycles. The maximum absolute atomic E-state index is 14.8. The molecule has 3 heterocycles. The molecule has 1 N–H and O–H groups in total. The third-order valence-corrected chi connectivity index (χ3v) is 14.1. The van der Waals surface area contributed by atoms with Gasteiger partial charge >= 0.3 is 5.97 Å². The summed E-state index contributed by atoms with van der Waals surface area (Å²) in [4.78, 5) is 62.5. The predicted octanol–water partition coefficient (Wildman–Crippen LogP) is 5.92. The number of allylic oxidation sites excluding steroid dienone is 2. The number of nitrogens with one attached hydrogen (secondary N) is 1. The Kier molecular flexibility index (Phi) is 10.8. The summed E-state index contributed by atoms with van der Waals surface area (Å²) in [7, 11) is -3.83. The number of fused-ring (bicyclic) bond motifs is 3. The van der Waals surface area contributed by atoms with E-state index in [2.05, 4.69) is 29.3 Å². The number of hydrogen-bond acceptors (Lipinski definition) is 9. The predicted molar refractivity (Wildman–Crippen MR) is 200 cm³/mol. The fraction of sp³-hybridized carbons (Fsp3) is 0.585. The molecule has 2 amide bonds. The number of amides is 2. The van der Waals surface area contributed by atoms with E-state index in [1.807, 2.05) is 30.3 Å². The van der Waals surface area contributed by atoms with Crippen LogP contribution in [0.3, 0.4) is 0 Å². The molecule has 6 atom stereocenters. The number of sulfonamides is 1. The minimum atomic E-state index is -3.83. The Hall–Kier alpha value is -4.06. The molecular formula is C41H51N3O8S. The molecule has 0 radical (unpaired) electrons. The molecule has 0 spiro atoms. The summed E-state index contributed by atoms with van der Waals surface area (Å²) < 4.78 is 40.2. The van der Waals surface area contributed by atoms with Gasteiger partial charge in [-0.15, -0.1) is 6.58 Å². The molecule has 2 aromatic rings. The monoisotopic (exact) mass is 745 g/mol. The molecule has 5 aliphatic rings. The molecule has 2 aliphatic heterocycles. The summed E-state index contributed by atoms with van der Waals surface area (Å²) in [6, 6.07) is 7.01. The van der Waals surface area contributed by atoms with Crippen LogP contribution in [0, 0.1) is 29.1 Å². The van der Waals surface area contributed by atoms with Gasteiger partial charge in [-0.25, -0.2) is 13.4 Å². The molecule has 0 unspecified atom stereocenters. The molecule has 12 heteroatoms. The number of carbonyl (C=O) groups excluding carboxylic acids is 4. The van der Waals surface area contributed by atoms with Crippen LogP contribution in [0.25, 0.3) is 16.8 Å². The molecule has 4 fully saturated rings. The number of carbonyl (C=O) groups is 4. The van der Waals surface area contributed by atoms with E-state index >= 15 is 0 Å². The van der Waals surface area contributed by atoms with Crippen molar-refractivity contribution in [3.63, 3.8) is 0 Å². The maximum Gasteiger partial charge on any atom is 0.306 e. The Balaban J connectivity index is 1.22. The molecule has 3 saturated carbocycles. The van der Waals surface area contributed by atoms with Crippen molar-refractivity contribution in [2.24, 2.45) is 29.1 Å². The highest BCUT2D eigenvalue weighted by Crippen LogP contribution is 2.57. The highest BCUT2D eigenvalue weighted by molar-refractivity contribution is 7.90. The summed E-state index contributed by atoms with van der Waals surface area (Å²) in [5.41, 5.74) is -0.298. The second-order valence-electron chi connectivity index (χ2n) is 15.9. The molecule has 7 rings (SSSR count). The molecular weight excluding hydrogens is 695 g/mol. The number of nitrogens with zero attached hydrogens (tertiary/aromatic N) is 2. The second-order valence-corrected chi connectivity index (χ2v) is 17.9. The lowest BCUT2D eigenvalue weighted by Crippen LogP contribution is -2.48. The number of ketones is 1. The largest absolute Gasteiger partial charge is 0.472 e. The quantitative estimate of drug-likeness (QED) is 0.244. The average Bonchev–Trinajstić information content (AvgIpc) is 4.08. The van der Waals surface area contributed by atoms with Crippen molar-refractivity contribution in [2.45, 2.75) is 108 Å². The van der Waals surface area contributed by atoms with Gasteiger partial charge in [0.15, 0.2) is 5.78 Å². The van der Waals surface area contributed by atoms with Crippen molar-refractivity contribution in [2.75, 3.05) is 13.2 Å². The van der Waals surface area contributed by atoms with Crippen LogP contribution < -0.4 is 9.46 Å². The van der Waals surface area contributed by atoms with Crippen LogP contribution in [-0.2, 0) is 33.9 Å². The normalized spacial score (nSPS) is 30.5. The second kappa shape index (κ2) is 15.4. The molecule has 1 aromatic carbocycles. The van der Waals surface area contributed by atoms with Gasteiger partial charge in [0.1, 0.15) is 6.10 Å². The van der Waals surface area contributed by atoms with Crippen molar-refractivity contribution in [3.05, 3.63) is 54.8 Å². The summed E-state index contributed by atoms with van der Waals surface area (Å²) >= 11 is 0. The van der Waals surface area contributed by atoms with Crippen LogP contribution in [0.5, 0.6) is 5.88 Å². The van der Waals surface area contributed by atoms with E-state index in [0.717, 1.165) is 61.3 Å². The first kappa shape index (κ1) is 37.3. The molecule has 11 nitrogen and oxygen atoms in total. The highest BCUT2D eigenvalue weighted by Gasteiger charge is 2.61. The van der Waals surface area contributed by atoms with Crippen LogP contribution >= 0.6 is 0 Å². The summed E-state index contributed by atoms with van der Waals surface area (Å²) in [5.74, 6) is -2.30. The van der Waals surface area contributed by atoms with Gasteiger partial charge < -0.3 is 14.4 Å². The number of esters is 1. The van der Waals surface area contributed by atoms with E-state index in [1.165, 1.54) is 0 Å². The van der Waals surface area contributed by atoms with Crippen molar-refractivity contribution in [1.29, 1.82) is 0 Å². The third kappa shape index (κ3) is 8.07. The molecule has 53 heavy (non-hydrogen) atoms. The van der Waals surface area contributed by atoms with Gasteiger partial charge in [0.05, 0.1) is 42.2 Å². The molecule has 3 aliphatic carbocycles. The van der Waals surface area contributed by atoms with Crippen molar-refractivity contribution < 1.29 is 37.1 Å². The topological polar surface area (TPSA) is 149 Å². The zero-order valence-corrected chi connectivity index (χ0v) is 31.4. The van der Waals surface area contributed by atoms with Crippen LogP contribution in [0.1, 0.15) is 96.0 Å². The van der Waals surface area contributed by atoms with Crippen molar-refractivity contribution >= 4 is 50.4 Å². The smallest absolute Gasteiger partial charge is 0.306 e. The fourth-order valence-corrected chi connectivity index (χ4v) is 10.0. The number of aromatic nitrogens is 1. The Bertz CT molecular complexity index is 1900. The van der Waals surface area contributed by atoms with Gasteiger partial charge in [-0.1, -0.05) is 56.5 Å². The highest BCUT2D eigenvalue weighted by atomic mass is 32.2. The zero-order valence-electron chi connectivity index (χ0n) is 30.5. The molecule has 284 valence electrons. The van der Waals surface area contributed by atoms with Crippen molar-refractivity contribution in [3.8, 4) is 5.88 Å². The first-order valence-electron chi connectivity index (χ1n) is 19.4. The van der Waals surface area contributed by atoms with Crippen molar-refractivity contribution in [1.82, 2.24) is 14.6 Å². The Morgan fingerprint density at radius 3 is 2.62 bits per heavy atom. The number of hydrogen-bond donors (Lipinski definition) is 1. The van der Waals surface area contributed by atoms with Gasteiger partial charge in [0.25, 0.3) is 0 Å². The van der Waals surface area contributed by atoms with Gasteiger partial charge in [0.2, 0.25) is 27.7 Å². The number of pyridine rings is 1. The number of ether oxygens (including phenoxy) is 2. The SMILES string of the molecule is C=C[C@@H]1C[C@]1(CC(=O)[C@@H]1C[C@@H]2CN1C(=O)[C@H](C1CCCCC1)CC(=O)OC[C@H](CC)C/C=C/c1ccc3ccnc(c3c1)O2)C(=O)NS(=O)(=O)C1CC1. The van der Waals surface area contributed by atoms with Crippen LogP contribution in [0.15, 0.2) is 49.2 Å². The standard InChI is InChI=1S/C41H51N3O8S/c1-3-26-9-8-10-27-13-14-29-17-18-42-38(33(29)19-27)52-31-20-35(36(45)23-41(22-30(41)4-2)40(48)43-53(49,50)32-15-16-32)44(24-31)39(47)34(21-37(46)51-25-26)28-11-6-5-7-12-28/h4,8,10,13-14,17-19,26,28,30-32,34-35H,2-3,5-7,9,11-12,15-16,20-25H2,1H3,(H,43,48)/b10-8+/t26-,30-,31-,34+,35+,41-/m1/s1. The average molecular weight is 746 g/mol. The first-order chi connectivity index (χ1) is 25.5. The molecule has 4 bridgehead atoms. The fourth-order valence-electron chi connectivity index (χ4n) is 8.66. The maximum atomic E-state index is 14.8. The Morgan fingerprint density at radius 2 is 1.91 bits per heavy atom. The summed E-state index contributed by atoms with van der Waals surface area (Å²) in [6.45, 7) is 6.27. The number of cyclic esters (lactones) is 1. The van der Waals surface area contributed by atoms with E-state index in [0.29, 0.717) is 25.1 Å². The van der Waals surface area contributed by atoms with Crippen LogP contribution in [-0.4, -0.2) is 72.4 Å². The lowest BCUT2D eigenvalue weighted by atomic mass is 9.77. The lowest BCUT2D eigenvalue weighted by Gasteiger charge is -2.34. The van der Waals surface area contributed by atoms with Gasteiger partial charge in [-0.05, 0) is 85.8 Å². The van der Waals surface area contributed by atoms with E-state index in [1.54, 1.807) is 17.2 Å². The Labute approximate surface area is 312 Å². The zero-order chi connectivity index (χ0) is 37.3. The summed E-state index contributed by atoms with van der Waals surface area (Å²) in [6.07, 6.45) is 14.1. The van der Waals surface area contributed by atoms with E-state index in [4.69, 9.17) is 9.47 Å². The van der Waals surface area contributed by atoms with E-state index in [-0.39, 0.29) is 61.9 Å². The molecule has 1 saturated heterocycles. The van der Waals surface area contributed by atoms with Crippen LogP contribution in [0.2, 0.25) is 0 Å². The van der Waals surface area contributed by atoms with Crippen LogP contribution in [0.4, 0.5) is 0 Å². The summed E-state index contributed by atoms with van der Waals surface area (Å²) in [5, 5.41) is 1.16. The van der Waals surface area contributed by atoms with Gasteiger partial charge in [0, 0.05) is 24.4 Å². The Morgan fingerprint density at radius 1 is 1.11 bits per heavy atom. The number of rotatable bonds is 9.